The largest absolute Gasteiger partial charge is 0.472 e. The summed E-state index contributed by atoms with van der Waals surface area (Å²) in [6.07, 6.45) is 5.60. The predicted octanol–water partition coefficient (Wildman–Crippen LogP) is 2.92. The third-order valence-electron chi connectivity index (χ3n) is 3.80. The fourth-order valence-electron chi connectivity index (χ4n) is 2.49. The van der Waals surface area contributed by atoms with Crippen LogP contribution >= 0.6 is 11.3 Å². The van der Waals surface area contributed by atoms with Crippen LogP contribution in [0, 0.1) is 0 Å². The molecule has 124 valence electrons. The van der Waals surface area contributed by atoms with E-state index in [1.54, 1.807) is 54.1 Å². The Bertz CT molecular complexity index is 851. The van der Waals surface area contributed by atoms with Crippen LogP contribution in [0.2, 0.25) is 0 Å². The minimum absolute atomic E-state index is 0.190. The van der Waals surface area contributed by atoms with E-state index in [1.807, 2.05) is 23.6 Å². The van der Waals surface area contributed by atoms with Gasteiger partial charge in [-0.2, -0.15) is 0 Å². The zero-order chi connectivity index (χ0) is 16.9. The van der Waals surface area contributed by atoms with Crippen LogP contribution < -0.4 is 5.56 Å². The number of aryl methyl sites for hydroxylation is 1. The molecule has 0 radical (unpaired) electrons. The average Bonchev–Trinajstić information content (AvgIpc) is 3.27. The summed E-state index contributed by atoms with van der Waals surface area (Å²) >= 11 is 1.66. The van der Waals surface area contributed by atoms with Crippen molar-refractivity contribution in [3.05, 3.63) is 80.8 Å². The zero-order valence-corrected chi connectivity index (χ0v) is 14.2. The van der Waals surface area contributed by atoms with Crippen LogP contribution in [0.15, 0.2) is 63.6 Å². The Morgan fingerprint density at radius 2 is 2.17 bits per heavy atom. The van der Waals surface area contributed by atoms with Gasteiger partial charge in [0, 0.05) is 36.8 Å². The van der Waals surface area contributed by atoms with Gasteiger partial charge in [-0.1, -0.05) is 6.07 Å². The number of hydrogen-bond acceptors (Lipinski definition) is 4. The number of furan rings is 1. The smallest absolute Gasteiger partial charge is 0.263 e. The number of aromatic nitrogens is 1. The summed E-state index contributed by atoms with van der Waals surface area (Å²) in [5, 5.41) is 2.02. The SMILES string of the molecule is Cn1cccc(C(=O)N(CCc2cccs2)Cc2ccoc2)c1=O. The molecule has 0 aliphatic carbocycles. The fourth-order valence-corrected chi connectivity index (χ4v) is 3.18. The summed E-state index contributed by atoms with van der Waals surface area (Å²) in [7, 11) is 1.64. The quantitative estimate of drug-likeness (QED) is 0.692. The van der Waals surface area contributed by atoms with Gasteiger partial charge in [0.05, 0.1) is 12.5 Å². The second-order valence-corrected chi connectivity index (χ2v) is 6.56. The topological polar surface area (TPSA) is 55.5 Å². The summed E-state index contributed by atoms with van der Waals surface area (Å²) in [4.78, 5) is 28.0. The van der Waals surface area contributed by atoms with Gasteiger partial charge < -0.3 is 13.9 Å². The average molecular weight is 342 g/mol. The lowest BCUT2D eigenvalue weighted by molar-refractivity contribution is 0.0743. The van der Waals surface area contributed by atoms with Crippen molar-refractivity contribution in [3.63, 3.8) is 0 Å². The number of pyridine rings is 1. The molecule has 0 aliphatic rings. The van der Waals surface area contributed by atoms with Crippen molar-refractivity contribution in [3.8, 4) is 0 Å². The van der Waals surface area contributed by atoms with E-state index < -0.39 is 0 Å². The van der Waals surface area contributed by atoms with Crippen molar-refractivity contribution in [1.82, 2.24) is 9.47 Å². The normalized spacial score (nSPS) is 10.7. The van der Waals surface area contributed by atoms with Crippen LogP contribution in [0.1, 0.15) is 20.8 Å². The minimum atomic E-state index is -0.282. The van der Waals surface area contributed by atoms with Crippen LogP contribution in [-0.4, -0.2) is 21.9 Å². The molecule has 0 spiro atoms. The third kappa shape index (κ3) is 3.65. The van der Waals surface area contributed by atoms with Crippen LogP contribution in [0.4, 0.5) is 0 Å². The summed E-state index contributed by atoms with van der Waals surface area (Å²) in [5.41, 5.74) is 0.813. The molecule has 0 aliphatic heterocycles. The number of thiophene rings is 1. The van der Waals surface area contributed by atoms with Crippen molar-refractivity contribution in [2.45, 2.75) is 13.0 Å². The molecule has 3 aromatic heterocycles. The molecule has 3 heterocycles. The fraction of sp³-hybridized carbons (Fsp3) is 0.222. The highest BCUT2D eigenvalue weighted by Gasteiger charge is 2.20. The van der Waals surface area contributed by atoms with E-state index in [-0.39, 0.29) is 17.0 Å². The molecule has 3 aromatic rings. The highest BCUT2D eigenvalue weighted by molar-refractivity contribution is 7.09. The van der Waals surface area contributed by atoms with Crippen molar-refractivity contribution >= 4 is 17.2 Å². The van der Waals surface area contributed by atoms with Gasteiger partial charge in [0.25, 0.3) is 11.5 Å². The Morgan fingerprint density at radius 3 is 2.88 bits per heavy atom. The molecule has 0 fully saturated rings. The number of rotatable bonds is 6. The van der Waals surface area contributed by atoms with Crippen molar-refractivity contribution in [2.24, 2.45) is 7.05 Å². The number of hydrogen-bond donors (Lipinski definition) is 0. The van der Waals surface area contributed by atoms with E-state index in [1.165, 1.54) is 9.44 Å². The predicted molar refractivity (Wildman–Crippen MR) is 93.2 cm³/mol. The Hall–Kier alpha value is -2.60. The van der Waals surface area contributed by atoms with Crippen LogP contribution in [0.3, 0.4) is 0 Å². The molecule has 0 saturated heterocycles. The van der Waals surface area contributed by atoms with E-state index in [2.05, 4.69) is 0 Å². The van der Waals surface area contributed by atoms with Gasteiger partial charge in [0.1, 0.15) is 5.56 Å². The Morgan fingerprint density at radius 1 is 1.29 bits per heavy atom. The lowest BCUT2D eigenvalue weighted by atomic mass is 10.2. The first-order chi connectivity index (χ1) is 11.6. The highest BCUT2D eigenvalue weighted by Crippen LogP contribution is 2.13. The van der Waals surface area contributed by atoms with Gasteiger partial charge in [0.15, 0.2) is 0 Å². The number of carbonyl (C=O) groups is 1. The highest BCUT2D eigenvalue weighted by atomic mass is 32.1. The molecule has 3 rings (SSSR count). The molecule has 0 saturated carbocycles. The maximum atomic E-state index is 12.9. The lowest BCUT2D eigenvalue weighted by Crippen LogP contribution is -2.36. The second kappa shape index (κ2) is 7.31. The first kappa shape index (κ1) is 16.3. The maximum absolute atomic E-state index is 12.9. The molecule has 0 aromatic carbocycles. The first-order valence-electron chi connectivity index (χ1n) is 7.63. The van der Waals surface area contributed by atoms with Crippen molar-refractivity contribution in [1.29, 1.82) is 0 Å². The monoisotopic (exact) mass is 342 g/mol. The molecule has 0 N–H and O–H groups in total. The molecular weight excluding hydrogens is 324 g/mol. The number of nitrogens with zero attached hydrogens (tertiary/aromatic N) is 2. The van der Waals surface area contributed by atoms with Gasteiger partial charge in [-0.25, -0.2) is 0 Å². The summed E-state index contributed by atoms with van der Waals surface area (Å²) in [5.74, 6) is -0.256. The van der Waals surface area contributed by atoms with E-state index in [0.717, 1.165) is 12.0 Å². The summed E-state index contributed by atoms with van der Waals surface area (Å²) in [6, 6.07) is 9.17. The zero-order valence-electron chi connectivity index (χ0n) is 13.3. The lowest BCUT2D eigenvalue weighted by Gasteiger charge is -2.22. The van der Waals surface area contributed by atoms with Gasteiger partial charge >= 0.3 is 0 Å². The minimum Gasteiger partial charge on any atom is -0.472 e. The van der Waals surface area contributed by atoms with Gasteiger partial charge in [0.2, 0.25) is 0 Å². The number of amides is 1. The van der Waals surface area contributed by atoms with Crippen molar-refractivity contribution < 1.29 is 9.21 Å². The second-order valence-electron chi connectivity index (χ2n) is 5.53. The maximum Gasteiger partial charge on any atom is 0.263 e. The van der Waals surface area contributed by atoms with E-state index >= 15 is 0 Å². The molecule has 0 bridgehead atoms. The molecular formula is C18H18N2O3S. The summed E-state index contributed by atoms with van der Waals surface area (Å²) in [6.45, 7) is 0.960. The molecule has 6 heteroatoms. The Kier molecular flexibility index (Phi) is 4.96. The molecule has 1 amide bonds. The van der Waals surface area contributed by atoms with Crippen LogP contribution in [-0.2, 0) is 20.0 Å². The first-order valence-corrected chi connectivity index (χ1v) is 8.51. The third-order valence-corrected chi connectivity index (χ3v) is 4.74. The van der Waals surface area contributed by atoms with E-state index in [4.69, 9.17) is 4.42 Å². The molecule has 5 nitrogen and oxygen atoms in total. The molecule has 24 heavy (non-hydrogen) atoms. The van der Waals surface area contributed by atoms with Crippen LogP contribution in [0.25, 0.3) is 0 Å². The Labute approximate surface area is 143 Å². The standard InChI is InChI=1S/C18H18N2O3S/c1-19-8-2-5-16(17(19)21)18(22)20(12-14-7-10-23-13-14)9-6-15-4-3-11-24-15/h2-5,7-8,10-11,13H,6,9,12H2,1H3. The summed E-state index contributed by atoms with van der Waals surface area (Å²) < 4.78 is 6.51. The molecule has 0 unspecified atom stereocenters. The van der Waals surface area contributed by atoms with Crippen LogP contribution in [0.5, 0.6) is 0 Å². The number of carbonyl (C=O) groups excluding carboxylic acids is 1. The van der Waals surface area contributed by atoms with Gasteiger partial charge in [-0.3, -0.25) is 9.59 Å². The van der Waals surface area contributed by atoms with Gasteiger partial charge in [-0.05, 0) is 36.1 Å². The Balaban J connectivity index is 1.83. The molecule has 0 atom stereocenters. The van der Waals surface area contributed by atoms with Gasteiger partial charge in [-0.15, -0.1) is 11.3 Å². The van der Waals surface area contributed by atoms with Crippen molar-refractivity contribution in [2.75, 3.05) is 6.54 Å². The van der Waals surface area contributed by atoms with E-state index in [9.17, 15) is 9.59 Å². The van der Waals surface area contributed by atoms with E-state index in [0.29, 0.717) is 13.1 Å².